The summed E-state index contributed by atoms with van der Waals surface area (Å²) in [5.74, 6) is -1.41. The maximum Gasteiger partial charge on any atom is 0.265 e. The summed E-state index contributed by atoms with van der Waals surface area (Å²) in [5, 5.41) is 5.40. The lowest BCUT2D eigenvalue weighted by molar-refractivity contribution is -0.000523. The van der Waals surface area contributed by atoms with E-state index in [0.717, 1.165) is 73.5 Å². The van der Waals surface area contributed by atoms with Crippen molar-refractivity contribution in [2.75, 3.05) is 60.3 Å². The van der Waals surface area contributed by atoms with Gasteiger partial charge in [0, 0.05) is 84.4 Å². The highest BCUT2D eigenvalue weighted by molar-refractivity contribution is 7.17. The molecule has 1 spiro atoms. The molecule has 0 atom stereocenters. The number of thiophene rings is 1. The number of carbonyl (C=O) groups excluding carboxylic acids is 3. The lowest BCUT2D eigenvalue weighted by atomic mass is 9.73. The number of nitrogens with one attached hydrogen (secondary N) is 2. The average molecular weight is 806 g/mol. The highest BCUT2D eigenvalue weighted by Crippen LogP contribution is 2.44. The molecule has 0 aliphatic carbocycles. The lowest BCUT2D eigenvalue weighted by Gasteiger charge is -2.53. The Balaban J connectivity index is 0.000000172. The van der Waals surface area contributed by atoms with Crippen LogP contribution >= 0.6 is 22.9 Å². The molecule has 8 rings (SSSR count). The lowest BCUT2D eigenvalue weighted by Crippen LogP contribution is -2.59. The number of ether oxygens (including phenoxy) is 1. The summed E-state index contributed by atoms with van der Waals surface area (Å²) in [4.78, 5) is 45.8. The summed E-state index contributed by atoms with van der Waals surface area (Å²) >= 11 is 7.30. The van der Waals surface area contributed by atoms with Crippen molar-refractivity contribution < 1.29 is 36.7 Å². The molecule has 15 heteroatoms. The Labute approximate surface area is 329 Å². The summed E-state index contributed by atoms with van der Waals surface area (Å²) in [7, 11) is 1.92. The number of anilines is 4. The monoisotopic (exact) mass is 805 g/mol. The van der Waals surface area contributed by atoms with Crippen LogP contribution in [0.3, 0.4) is 0 Å². The standard InChI is InChI=1S/C21H21F2N3O3.C20H15ClF2N2OS/c22-18(23)15-9-17(20(28)25-16-3-1-14(11-27)2-4-16)19(24-10-15)26-12-21(13-26)5-7-29-8-6-21;1-25-8-7-11-9-17(20(26)24-18-14(21)3-2-4-15(18)23)27-19(11)13-6-5-12(22)10-16(13)25/h1-4,9-11,18H,5-8,12-13H2,(H,25,28);2-6,9-10H,7-8H2,1H3,(H,24,26). The van der Waals surface area contributed by atoms with Crippen LogP contribution in [0, 0.1) is 17.0 Å². The largest absolute Gasteiger partial charge is 0.381 e. The Bertz CT molecular complexity index is 2250. The number of aldehydes is 1. The third kappa shape index (κ3) is 8.27. The van der Waals surface area contributed by atoms with E-state index in [1.807, 2.05) is 22.9 Å². The first-order valence-electron chi connectivity index (χ1n) is 17.8. The number of hydrogen-bond acceptors (Lipinski definition) is 8. The average Bonchev–Trinajstić information content (AvgIpc) is 3.57. The molecule has 9 nitrogen and oxygen atoms in total. The minimum atomic E-state index is -2.71. The number of halogens is 5. The molecule has 3 aliphatic rings. The van der Waals surface area contributed by atoms with Gasteiger partial charge in [0.1, 0.15) is 23.7 Å². The van der Waals surface area contributed by atoms with E-state index < -0.39 is 24.1 Å². The number of fused-ring (bicyclic) bond motifs is 3. The zero-order valence-electron chi connectivity index (χ0n) is 30.1. The number of amides is 2. The smallest absolute Gasteiger partial charge is 0.265 e. The number of alkyl halides is 2. The molecule has 2 fully saturated rings. The Morgan fingerprint density at radius 1 is 0.982 bits per heavy atom. The van der Waals surface area contributed by atoms with Crippen molar-refractivity contribution in [2.24, 2.45) is 5.41 Å². The molecule has 3 aromatic carbocycles. The molecule has 5 aromatic rings. The number of likely N-dealkylation sites (N-methyl/N-ethyl adjacent to an activating group) is 1. The molecule has 2 saturated heterocycles. The van der Waals surface area contributed by atoms with E-state index in [-0.39, 0.29) is 33.1 Å². The van der Waals surface area contributed by atoms with Crippen molar-refractivity contribution in [3.05, 3.63) is 123 Å². The molecule has 0 radical (unpaired) electrons. The maximum atomic E-state index is 13.9. The molecule has 3 aliphatic heterocycles. The van der Waals surface area contributed by atoms with E-state index in [1.165, 1.54) is 47.7 Å². The van der Waals surface area contributed by atoms with Gasteiger partial charge < -0.3 is 25.2 Å². The fourth-order valence-electron chi connectivity index (χ4n) is 7.06. The second kappa shape index (κ2) is 16.4. The normalized spacial score (nSPS) is 15.5. The van der Waals surface area contributed by atoms with Gasteiger partial charge in [-0.05, 0) is 91.6 Å². The summed E-state index contributed by atoms with van der Waals surface area (Å²) in [6.45, 7) is 3.60. The Kier molecular flexibility index (Phi) is 11.4. The summed E-state index contributed by atoms with van der Waals surface area (Å²) in [5.41, 5.74) is 3.59. The maximum absolute atomic E-state index is 13.9. The van der Waals surface area contributed by atoms with Crippen LogP contribution in [0.5, 0.6) is 0 Å². The van der Waals surface area contributed by atoms with Gasteiger partial charge in [-0.1, -0.05) is 17.7 Å². The van der Waals surface area contributed by atoms with Crippen LogP contribution in [-0.2, 0) is 11.2 Å². The number of rotatable bonds is 7. The SMILES string of the molecule is CN1CCc2cc(C(=O)Nc3c(F)cccc3Cl)sc2-c2ccc(F)cc21.O=Cc1ccc(NC(=O)c2cc(C(F)F)cnc2N2CC3(CCOCC3)C2)cc1. The minimum absolute atomic E-state index is 0.0324. The van der Waals surface area contributed by atoms with E-state index in [9.17, 15) is 31.9 Å². The molecule has 0 bridgehead atoms. The minimum Gasteiger partial charge on any atom is -0.381 e. The van der Waals surface area contributed by atoms with Gasteiger partial charge in [-0.3, -0.25) is 14.4 Å². The van der Waals surface area contributed by atoms with Crippen molar-refractivity contribution in [3.8, 4) is 10.4 Å². The first-order chi connectivity index (χ1) is 26.9. The molecular weight excluding hydrogens is 770 g/mol. The van der Waals surface area contributed by atoms with Gasteiger partial charge in [0.15, 0.2) is 0 Å². The molecular formula is C41H36ClF4N5O4S. The van der Waals surface area contributed by atoms with Crippen molar-refractivity contribution >= 4 is 63.9 Å². The number of carbonyl (C=O) groups is 3. The van der Waals surface area contributed by atoms with Crippen LogP contribution in [-0.4, -0.2) is 63.0 Å². The van der Waals surface area contributed by atoms with Crippen LogP contribution in [0.25, 0.3) is 10.4 Å². The van der Waals surface area contributed by atoms with Crippen LogP contribution in [0.2, 0.25) is 5.02 Å². The van der Waals surface area contributed by atoms with Crippen molar-refractivity contribution in [3.63, 3.8) is 0 Å². The van der Waals surface area contributed by atoms with E-state index in [1.54, 1.807) is 30.3 Å². The molecule has 290 valence electrons. The number of pyridine rings is 1. The predicted octanol–water partition coefficient (Wildman–Crippen LogP) is 9.29. The van der Waals surface area contributed by atoms with Gasteiger partial charge in [-0.25, -0.2) is 22.5 Å². The predicted molar refractivity (Wildman–Crippen MR) is 210 cm³/mol. The fraction of sp³-hybridized carbons (Fsp3) is 0.268. The van der Waals surface area contributed by atoms with Crippen molar-refractivity contribution in [2.45, 2.75) is 25.7 Å². The molecule has 0 unspecified atom stereocenters. The molecule has 2 N–H and O–H groups in total. The van der Waals surface area contributed by atoms with Crippen LogP contribution in [0.1, 0.15) is 60.8 Å². The first-order valence-corrected chi connectivity index (χ1v) is 19.0. The van der Waals surface area contributed by atoms with E-state index >= 15 is 0 Å². The van der Waals surface area contributed by atoms with E-state index in [0.29, 0.717) is 34.8 Å². The zero-order valence-corrected chi connectivity index (χ0v) is 31.7. The summed E-state index contributed by atoms with van der Waals surface area (Å²) < 4.78 is 59.5. The number of benzene rings is 3. The van der Waals surface area contributed by atoms with Crippen LogP contribution < -0.4 is 20.4 Å². The Morgan fingerprint density at radius 2 is 1.73 bits per heavy atom. The zero-order chi connectivity index (χ0) is 39.6. The van der Waals surface area contributed by atoms with Gasteiger partial charge in [0.25, 0.3) is 18.2 Å². The third-order valence-electron chi connectivity index (χ3n) is 10.2. The number of nitrogens with zero attached hydrogens (tertiary/aromatic N) is 3. The molecule has 0 saturated carbocycles. The Hall–Kier alpha value is -5.31. The second-order valence-corrected chi connectivity index (χ2v) is 15.4. The van der Waals surface area contributed by atoms with E-state index in [2.05, 4.69) is 15.6 Å². The van der Waals surface area contributed by atoms with Crippen LogP contribution in [0.15, 0.2) is 79.0 Å². The molecule has 2 amide bonds. The highest BCUT2D eigenvalue weighted by Gasteiger charge is 2.45. The molecule has 56 heavy (non-hydrogen) atoms. The van der Waals surface area contributed by atoms with Gasteiger partial charge in [0.05, 0.1) is 21.2 Å². The summed E-state index contributed by atoms with van der Waals surface area (Å²) in [6, 6.07) is 18.2. The fourth-order valence-corrected chi connectivity index (χ4v) is 8.41. The summed E-state index contributed by atoms with van der Waals surface area (Å²) in [6.07, 6.45) is 1.74. The van der Waals surface area contributed by atoms with Gasteiger partial charge >= 0.3 is 0 Å². The van der Waals surface area contributed by atoms with Gasteiger partial charge in [0.2, 0.25) is 0 Å². The molecule has 5 heterocycles. The quantitative estimate of drug-likeness (QED) is 0.125. The Morgan fingerprint density at radius 3 is 2.43 bits per heavy atom. The number of aromatic nitrogens is 1. The van der Waals surface area contributed by atoms with E-state index in [4.69, 9.17) is 16.3 Å². The van der Waals surface area contributed by atoms with Gasteiger partial charge in [-0.15, -0.1) is 11.3 Å². The van der Waals surface area contributed by atoms with Gasteiger partial charge in [-0.2, -0.15) is 0 Å². The second-order valence-electron chi connectivity index (χ2n) is 14.0. The van der Waals surface area contributed by atoms with Crippen LogP contribution in [0.4, 0.5) is 40.4 Å². The number of hydrogen-bond donors (Lipinski definition) is 2. The number of para-hydroxylation sites is 1. The third-order valence-corrected chi connectivity index (χ3v) is 11.7. The van der Waals surface area contributed by atoms with Crippen molar-refractivity contribution in [1.82, 2.24) is 4.98 Å². The topological polar surface area (TPSA) is 104 Å². The molecule has 2 aromatic heterocycles. The van der Waals surface area contributed by atoms with Crippen molar-refractivity contribution in [1.29, 1.82) is 0 Å². The highest BCUT2D eigenvalue weighted by atomic mass is 35.5. The first kappa shape index (κ1) is 38.9.